The molecule has 3 aromatic rings. The molecule has 0 saturated carbocycles. The van der Waals surface area contributed by atoms with Crippen molar-refractivity contribution >= 4 is 23.7 Å². The Morgan fingerprint density at radius 2 is 1.69 bits per heavy atom. The lowest BCUT2D eigenvalue weighted by atomic mass is 10.1. The Labute approximate surface area is 208 Å². The van der Waals surface area contributed by atoms with Gasteiger partial charge in [0.25, 0.3) is 11.5 Å². The van der Waals surface area contributed by atoms with Crippen LogP contribution in [0.3, 0.4) is 0 Å². The van der Waals surface area contributed by atoms with Crippen LogP contribution in [0.4, 0.5) is 10.5 Å². The van der Waals surface area contributed by atoms with Gasteiger partial charge in [0.15, 0.2) is 0 Å². The van der Waals surface area contributed by atoms with Crippen molar-refractivity contribution in [2.75, 3.05) is 32.1 Å². The number of hydrogen-bond donors (Lipinski definition) is 1. The molecule has 0 aliphatic heterocycles. The van der Waals surface area contributed by atoms with Gasteiger partial charge in [-0.1, -0.05) is 24.3 Å². The maximum atomic E-state index is 12.6. The van der Waals surface area contributed by atoms with Crippen LogP contribution in [0, 0.1) is 0 Å². The first-order valence-electron chi connectivity index (χ1n) is 11.4. The van der Waals surface area contributed by atoms with Crippen molar-refractivity contribution in [2.24, 2.45) is 0 Å². The van der Waals surface area contributed by atoms with Crippen LogP contribution in [-0.2, 0) is 20.8 Å². The summed E-state index contributed by atoms with van der Waals surface area (Å²) >= 11 is 0. The number of nitrogens with one attached hydrogen (secondary N) is 1. The van der Waals surface area contributed by atoms with Crippen LogP contribution in [-0.4, -0.2) is 59.5 Å². The Morgan fingerprint density at radius 3 is 2.39 bits per heavy atom. The van der Waals surface area contributed by atoms with Gasteiger partial charge in [0.2, 0.25) is 0 Å². The summed E-state index contributed by atoms with van der Waals surface area (Å²) in [7, 11) is 1.53. The van der Waals surface area contributed by atoms with E-state index in [1.807, 2.05) is 6.07 Å². The molecule has 0 spiro atoms. The molecule has 188 valence electrons. The normalized spacial score (nSPS) is 10.4. The lowest BCUT2D eigenvalue weighted by Crippen LogP contribution is -2.33. The van der Waals surface area contributed by atoms with Crippen LogP contribution < -0.4 is 10.9 Å². The van der Waals surface area contributed by atoms with E-state index in [1.165, 1.54) is 22.7 Å². The van der Waals surface area contributed by atoms with E-state index < -0.39 is 12.1 Å². The first-order chi connectivity index (χ1) is 17.3. The second-order valence-electron chi connectivity index (χ2n) is 7.80. The van der Waals surface area contributed by atoms with Crippen molar-refractivity contribution in [3.8, 4) is 11.3 Å². The fraction of sp³-hybridized carbons (Fsp3) is 0.269. The third-order valence-corrected chi connectivity index (χ3v) is 5.09. The van der Waals surface area contributed by atoms with E-state index >= 15 is 0 Å². The average molecular weight is 493 g/mol. The Kier molecular flexibility index (Phi) is 8.93. The predicted octanol–water partition coefficient (Wildman–Crippen LogP) is 3.16. The summed E-state index contributed by atoms with van der Waals surface area (Å²) in [6, 6.07) is 16.8. The number of carbonyl (C=O) groups is 3. The van der Waals surface area contributed by atoms with Gasteiger partial charge in [-0.3, -0.25) is 19.7 Å². The molecule has 1 N–H and O–H groups in total. The van der Waals surface area contributed by atoms with Gasteiger partial charge < -0.3 is 14.4 Å². The second-order valence-corrected chi connectivity index (χ2v) is 7.80. The maximum absolute atomic E-state index is 12.6. The van der Waals surface area contributed by atoms with Crippen molar-refractivity contribution in [1.82, 2.24) is 14.7 Å². The molecule has 0 radical (unpaired) electrons. The SMILES string of the molecule is CCOC(=O)CN(C)C(=O)c1ccc(-c2ccc(=O)n(Cc3cccc(NC(=O)OCC)c3)n2)cc1. The molecular weight excluding hydrogens is 464 g/mol. The second kappa shape index (κ2) is 12.3. The minimum atomic E-state index is -0.555. The Bertz CT molecular complexity index is 1290. The average Bonchev–Trinajstić information content (AvgIpc) is 2.85. The smallest absolute Gasteiger partial charge is 0.411 e. The largest absolute Gasteiger partial charge is 0.465 e. The highest BCUT2D eigenvalue weighted by atomic mass is 16.5. The summed E-state index contributed by atoms with van der Waals surface area (Å²) in [6.45, 7) is 3.99. The molecule has 0 fully saturated rings. The number of anilines is 1. The van der Waals surface area contributed by atoms with Gasteiger partial charge in [-0.05, 0) is 49.7 Å². The van der Waals surface area contributed by atoms with E-state index in [1.54, 1.807) is 62.4 Å². The van der Waals surface area contributed by atoms with Gasteiger partial charge in [0.1, 0.15) is 6.54 Å². The number of nitrogens with zero attached hydrogens (tertiary/aromatic N) is 3. The van der Waals surface area contributed by atoms with E-state index in [2.05, 4.69) is 10.4 Å². The maximum Gasteiger partial charge on any atom is 0.411 e. The van der Waals surface area contributed by atoms with Crippen molar-refractivity contribution in [2.45, 2.75) is 20.4 Å². The van der Waals surface area contributed by atoms with E-state index in [-0.39, 0.29) is 37.8 Å². The van der Waals surface area contributed by atoms with Gasteiger partial charge in [-0.2, -0.15) is 5.10 Å². The molecule has 0 saturated heterocycles. The number of esters is 1. The zero-order chi connectivity index (χ0) is 26.1. The number of hydrogen-bond acceptors (Lipinski definition) is 7. The van der Waals surface area contributed by atoms with Crippen molar-refractivity contribution in [3.63, 3.8) is 0 Å². The predicted molar refractivity (Wildman–Crippen MR) is 134 cm³/mol. The molecule has 10 heteroatoms. The molecule has 36 heavy (non-hydrogen) atoms. The highest BCUT2D eigenvalue weighted by Gasteiger charge is 2.16. The lowest BCUT2D eigenvalue weighted by Gasteiger charge is -2.16. The molecular formula is C26H28N4O6. The molecule has 1 aromatic heterocycles. The Morgan fingerprint density at radius 1 is 0.972 bits per heavy atom. The van der Waals surface area contributed by atoms with Crippen LogP contribution in [0.5, 0.6) is 0 Å². The van der Waals surface area contributed by atoms with Gasteiger partial charge in [-0.15, -0.1) is 0 Å². The lowest BCUT2D eigenvalue weighted by molar-refractivity contribution is -0.143. The van der Waals surface area contributed by atoms with E-state index in [0.29, 0.717) is 22.5 Å². The number of ether oxygens (including phenoxy) is 2. The number of rotatable bonds is 9. The first-order valence-corrected chi connectivity index (χ1v) is 11.4. The van der Waals surface area contributed by atoms with Crippen LogP contribution in [0.15, 0.2) is 65.5 Å². The molecule has 0 atom stereocenters. The van der Waals surface area contributed by atoms with Gasteiger partial charge in [0, 0.05) is 29.9 Å². The topological polar surface area (TPSA) is 120 Å². The third kappa shape index (κ3) is 7.02. The highest BCUT2D eigenvalue weighted by molar-refractivity contribution is 5.96. The molecule has 2 amide bonds. The molecule has 0 unspecified atom stereocenters. The zero-order valence-electron chi connectivity index (χ0n) is 20.4. The molecule has 2 aromatic carbocycles. The third-order valence-electron chi connectivity index (χ3n) is 5.09. The quantitative estimate of drug-likeness (QED) is 0.456. The van der Waals surface area contributed by atoms with Crippen LogP contribution in [0.25, 0.3) is 11.3 Å². The van der Waals surface area contributed by atoms with Gasteiger partial charge in [0.05, 0.1) is 25.5 Å². The van der Waals surface area contributed by atoms with Crippen LogP contribution >= 0.6 is 0 Å². The molecule has 3 rings (SSSR count). The zero-order valence-corrected chi connectivity index (χ0v) is 20.4. The summed E-state index contributed by atoms with van der Waals surface area (Å²) < 4.78 is 11.1. The minimum Gasteiger partial charge on any atom is -0.465 e. The number of likely N-dealkylation sites (N-methyl/N-ethyl adjacent to an activating group) is 1. The molecule has 1 heterocycles. The van der Waals surface area contributed by atoms with E-state index in [0.717, 1.165) is 5.56 Å². The fourth-order valence-corrected chi connectivity index (χ4v) is 3.40. The monoisotopic (exact) mass is 492 g/mol. The van der Waals surface area contributed by atoms with Crippen molar-refractivity contribution in [3.05, 3.63) is 82.1 Å². The van der Waals surface area contributed by atoms with Gasteiger partial charge in [-0.25, -0.2) is 9.48 Å². The molecule has 0 aliphatic carbocycles. The Hall–Kier alpha value is -4.47. The summed E-state index contributed by atoms with van der Waals surface area (Å²) in [5, 5.41) is 7.10. The summed E-state index contributed by atoms with van der Waals surface area (Å²) in [4.78, 5) is 49.6. The summed E-state index contributed by atoms with van der Waals surface area (Å²) in [6.07, 6.45) is -0.555. The van der Waals surface area contributed by atoms with E-state index in [9.17, 15) is 19.2 Å². The fourth-order valence-electron chi connectivity index (χ4n) is 3.40. The first kappa shape index (κ1) is 26.1. The number of benzene rings is 2. The standard InChI is InChI=1S/C26H28N4O6/c1-4-35-24(32)17-29(3)25(33)20-11-9-19(10-12-20)22-13-14-23(31)30(28-22)16-18-7-6-8-21(15-18)27-26(34)36-5-2/h6-15H,4-5,16-17H2,1-3H3,(H,27,34). The molecule has 0 aliphatic rings. The Balaban J connectivity index is 1.74. The minimum absolute atomic E-state index is 0.141. The van der Waals surface area contributed by atoms with Crippen LogP contribution in [0.1, 0.15) is 29.8 Å². The highest BCUT2D eigenvalue weighted by Crippen LogP contribution is 2.18. The van der Waals surface area contributed by atoms with E-state index in [4.69, 9.17) is 9.47 Å². The van der Waals surface area contributed by atoms with Crippen molar-refractivity contribution in [1.29, 1.82) is 0 Å². The summed E-state index contributed by atoms with van der Waals surface area (Å²) in [5.74, 6) is -0.789. The van der Waals surface area contributed by atoms with Crippen molar-refractivity contribution < 1.29 is 23.9 Å². The number of amides is 2. The summed E-state index contributed by atoms with van der Waals surface area (Å²) in [5.41, 5.74) is 2.70. The molecule has 10 nitrogen and oxygen atoms in total. The number of aromatic nitrogens is 2. The molecule has 0 bridgehead atoms. The van der Waals surface area contributed by atoms with Crippen LogP contribution in [0.2, 0.25) is 0 Å². The van der Waals surface area contributed by atoms with Gasteiger partial charge >= 0.3 is 12.1 Å². The number of carbonyl (C=O) groups excluding carboxylic acids is 3.